The average Bonchev–Trinajstić information content (AvgIpc) is 2.25. The molecule has 0 aromatic carbocycles. The number of hydrogen-bond acceptors (Lipinski definition) is 4. The molecular formula is C13H21N3O2. The average molecular weight is 251 g/mol. The molecule has 0 aliphatic carbocycles. The minimum absolute atomic E-state index is 0.0549. The molecule has 1 rings (SSSR count). The quantitative estimate of drug-likeness (QED) is 0.643. The highest BCUT2D eigenvalue weighted by Crippen LogP contribution is 2.29. The molecule has 0 atom stereocenters. The highest BCUT2D eigenvalue weighted by Gasteiger charge is 2.25. The monoisotopic (exact) mass is 251 g/mol. The molecule has 0 saturated heterocycles. The summed E-state index contributed by atoms with van der Waals surface area (Å²) in [6.45, 7) is 10.9. The van der Waals surface area contributed by atoms with Gasteiger partial charge in [0.1, 0.15) is 0 Å². The Bertz CT molecular complexity index is 442. The van der Waals surface area contributed by atoms with Gasteiger partial charge in [-0.05, 0) is 24.3 Å². The fourth-order valence-corrected chi connectivity index (χ4v) is 1.43. The summed E-state index contributed by atoms with van der Waals surface area (Å²) in [4.78, 5) is 14.7. The predicted octanol–water partition coefficient (Wildman–Crippen LogP) is 3.39. The Morgan fingerprint density at radius 2 is 2.11 bits per heavy atom. The van der Waals surface area contributed by atoms with E-state index in [4.69, 9.17) is 0 Å². The third kappa shape index (κ3) is 3.18. The number of nitrogens with one attached hydrogen (secondary N) is 1. The summed E-state index contributed by atoms with van der Waals surface area (Å²) in [6.07, 6.45) is 1.59. The Morgan fingerprint density at radius 1 is 1.50 bits per heavy atom. The molecule has 1 aromatic heterocycles. The second-order valence-electron chi connectivity index (χ2n) is 5.58. The summed E-state index contributed by atoms with van der Waals surface area (Å²) in [5.74, 6) is 0.836. The van der Waals surface area contributed by atoms with Gasteiger partial charge in [0, 0.05) is 18.3 Å². The maximum atomic E-state index is 11.0. The smallest absolute Gasteiger partial charge is 0.314 e. The van der Waals surface area contributed by atoms with Crippen LogP contribution in [0.3, 0.4) is 0 Å². The van der Waals surface area contributed by atoms with Crippen molar-refractivity contribution in [1.29, 1.82) is 0 Å². The van der Waals surface area contributed by atoms with E-state index in [0.717, 1.165) is 0 Å². The van der Waals surface area contributed by atoms with Gasteiger partial charge in [0.15, 0.2) is 0 Å². The van der Waals surface area contributed by atoms with Gasteiger partial charge in [-0.25, -0.2) is 4.98 Å². The van der Waals surface area contributed by atoms with Gasteiger partial charge in [-0.2, -0.15) is 0 Å². The van der Waals surface area contributed by atoms with E-state index >= 15 is 0 Å². The van der Waals surface area contributed by atoms with Crippen LogP contribution in [0.5, 0.6) is 0 Å². The lowest BCUT2D eigenvalue weighted by atomic mass is 9.81. The Balaban J connectivity index is 2.92. The van der Waals surface area contributed by atoms with Crippen LogP contribution >= 0.6 is 0 Å². The van der Waals surface area contributed by atoms with Crippen molar-refractivity contribution in [2.24, 2.45) is 11.3 Å². The summed E-state index contributed by atoms with van der Waals surface area (Å²) < 4.78 is 0. The molecule has 0 radical (unpaired) electrons. The molecule has 1 heterocycles. The number of nitrogens with zero attached hydrogens (tertiary/aromatic N) is 2. The van der Waals surface area contributed by atoms with Crippen LogP contribution < -0.4 is 5.32 Å². The van der Waals surface area contributed by atoms with Crippen LogP contribution in [0.1, 0.15) is 33.3 Å². The van der Waals surface area contributed by atoms with Crippen molar-refractivity contribution in [3.63, 3.8) is 0 Å². The van der Waals surface area contributed by atoms with E-state index in [0.29, 0.717) is 23.8 Å². The SMILES string of the molecule is Cc1ccnc(NCC(C)(C)C(C)C)c1[N+](=O)[O-]. The van der Waals surface area contributed by atoms with Crippen LogP contribution in [-0.4, -0.2) is 16.5 Å². The third-order valence-corrected chi connectivity index (χ3v) is 3.58. The zero-order valence-electron chi connectivity index (χ0n) is 11.7. The molecule has 1 N–H and O–H groups in total. The molecule has 0 saturated carbocycles. The van der Waals surface area contributed by atoms with Gasteiger partial charge in [0.25, 0.3) is 0 Å². The largest absolute Gasteiger partial charge is 0.364 e. The molecule has 0 spiro atoms. The highest BCUT2D eigenvalue weighted by molar-refractivity contribution is 5.59. The summed E-state index contributed by atoms with van der Waals surface area (Å²) in [5, 5.41) is 14.1. The topological polar surface area (TPSA) is 68.1 Å². The van der Waals surface area contributed by atoms with Crippen molar-refractivity contribution in [3.8, 4) is 0 Å². The second kappa shape index (κ2) is 5.33. The molecular weight excluding hydrogens is 230 g/mol. The van der Waals surface area contributed by atoms with Crippen LogP contribution in [0.4, 0.5) is 11.5 Å². The fourth-order valence-electron chi connectivity index (χ4n) is 1.43. The Morgan fingerprint density at radius 3 is 2.61 bits per heavy atom. The molecule has 100 valence electrons. The van der Waals surface area contributed by atoms with E-state index in [2.05, 4.69) is 38.0 Å². The van der Waals surface area contributed by atoms with E-state index in [1.165, 1.54) is 0 Å². The maximum absolute atomic E-state index is 11.0. The Hall–Kier alpha value is -1.65. The van der Waals surface area contributed by atoms with E-state index in [-0.39, 0.29) is 16.0 Å². The van der Waals surface area contributed by atoms with Gasteiger partial charge in [-0.3, -0.25) is 10.1 Å². The number of hydrogen-bond donors (Lipinski definition) is 1. The van der Waals surface area contributed by atoms with Gasteiger partial charge in [-0.1, -0.05) is 27.7 Å². The Labute approximate surface area is 108 Å². The van der Waals surface area contributed by atoms with Crippen molar-refractivity contribution < 1.29 is 4.92 Å². The first kappa shape index (κ1) is 14.4. The number of aryl methyl sites for hydroxylation is 1. The molecule has 18 heavy (non-hydrogen) atoms. The van der Waals surface area contributed by atoms with Crippen molar-refractivity contribution in [2.75, 3.05) is 11.9 Å². The van der Waals surface area contributed by atoms with Crippen molar-refractivity contribution >= 4 is 11.5 Å². The fraction of sp³-hybridized carbons (Fsp3) is 0.615. The predicted molar refractivity (Wildman–Crippen MR) is 72.7 cm³/mol. The zero-order valence-corrected chi connectivity index (χ0v) is 11.7. The molecule has 0 aliphatic rings. The summed E-state index contributed by atoms with van der Waals surface area (Å²) in [7, 11) is 0. The lowest BCUT2D eigenvalue weighted by Gasteiger charge is -2.29. The lowest BCUT2D eigenvalue weighted by molar-refractivity contribution is -0.384. The van der Waals surface area contributed by atoms with Gasteiger partial charge < -0.3 is 5.32 Å². The van der Waals surface area contributed by atoms with Gasteiger partial charge >= 0.3 is 5.69 Å². The maximum Gasteiger partial charge on any atom is 0.314 e. The minimum Gasteiger partial charge on any atom is -0.364 e. The normalized spacial score (nSPS) is 11.7. The minimum atomic E-state index is -0.382. The number of nitro groups is 1. The van der Waals surface area contributed by atoms with Crippen LogP contribution in [0, 0.1) is 28.4 Å². The Kier molecular flexibility index (Phi) is 4.27. The van der Waals surface area contributed by atoms with E-state index < -0.39 is 0 Å². The molecule has 0 unspecified atom stereocenters. The van der Waals surface area contributed by atoms with E-state index in [1.54, 1.807) is 19.2 Å². The first-order valence-electron chi connectivity index (χ1n) is 6.09. The van der Waals surface area contributed by atoms with Crippen LogP contribution in [0.25, 0.3) is 0 Å². The molecule has 0 amide bonds. The first-order valence-corrected chi connectivity index (χ1v) is 6.09. The molecule has 0 bridgehead atoms. The van der Waals surface area contributed by atoms with E-state index in [1.807, 2.05) is 0 Å². The lowest BCUT2D eigenvalue weighted by Crippen LogP contribution is -2.29. The van der Waals surface area contributed by atoms with Crippen LogP contribution in [0.15, 0.2) is 12.3 Å². The van der Waals surface area contributed by atoms with Gasteiger partial charge in [0.05, 0.1) is 4.92 Å². The van der Waals surface area contributed by atoms with Gasteiger partial charge in [0.2, 0.25) is 5.82 Å². The first-order chi connectivity index (χ1) is 8.25. The number of pyridine rings is 1. The molecule has 0 fully saturated rings. The zero-order chi connectivity index (χ0) is 13.9. The third-order valence-electron chi connectivity index (χ3n) is 3.58. The molecule has 1 aromatic rings. The molecule has 5 heteroatoms. The number of anilines is 1. The van der Waals surface area contributed by atoms with Crippen molar-refractivity contribution in [2.45, 2.75) is 34.6 Å². The summed E-state index contributed by atoms with van der Waals surface area (Å²) in [6, 6.07) is 1.65. The van der Waals surface area contributed by atoms with Crippen LogP contribution in [0.2, 0.25) is 0 Å². The molecule has 0 aliphatic heterocycles. The van der Waals surface area contributed by atoms with Gasteiger partial charge in [-0.15, -0.1) is 0 Å². The highest BCUT2D eigenvalue weighted by atomic mass is 16.6. The van der Waals surface area contributed by atoms with E-state index in [9.17, 15) is 10.1 Å². The number of aromatic nitrogens is 1. The van der Waals surface area contributed by atoms with Crippen LogP contribution in [-0.2, 0) is 0 Å². The summed E-state index contributed by atoms with van der Waals surface area (Å²) in [5.41, 5.74) is 0.746. The molecule has 5 nitrogen and oxygen atoms in total. The number of rotatable bonds is 5. The van der Waals surface area contributed by atoms with Crippen molar-refractivity contribution in [3.05, 3.63) is 27.9 Å². The van der Waals surface area contributed by atoms with Crippen molar-refractivity contribution in [1.82, 2.24) is 4.98 Å². The summed E-state index contributed by atoms with van der Waals surface area (Å²) >= 11 is 0. The second-order valence-corrected chi connectivity index (χ2v) is 5.58. The standard InChI is InChI=1S/C13H21N3O2/c1-9(2)13(4,5)8-15-12-11(16(17)18)10(3)6-7-14-12/h6-7,9H,8H2,1-5H3,(H,14,15).